The summed E-state index contributed by atoms with van der Waals surface area (Å²) >= 11 is 1.54. The number of morpholine rings is 1. The van der Waals surface area contributed by atoms with E-state index in [0.717, 1.165) is 60.5 Å². The minimum absolute atomic E-state index is 0.342. The zero-order valence-corrected chi connectivity index (χ0v) is 21.3. The summed E-state index contributed by atoms with van der Waals surface area (Å²) in [6, 6.07) is 12.8. The van der Waals surface area contributed by atoms with E-state index in [4.69, 9.17) is 24.7 Å². The summed E-state index contributed by atoms with van der Waals surface area (Å²) in [6.07, 6.45) is -0.259. The second kappa shape index (κ2) is 12.5. The van der Waals surface area contributed by atoms with Crippen molar-refractivity contribution in [2.24, 2.45) is 0 Å². The number of anilines is 1. The first-order chi connectivity index (χ1) is 17.0. The molecule has 0 radical (unpaired) electrons. The molecule has 0 aliphatic carbocycles. The highest BCUT2D eigenvalue weighted by molar-refractivity contribution is 7.14. The van der Waals surface area contributed by atoms with Crippen molar-refractivity contribution in [3.05, 3.63) is 64.0 Å². The van der Waals surface area contributed by atoms with Crippen molar-refractivity contribution in [2.45, 2.75) is 46.1 Å². The van der Waals surface area contributed by atoms with Crippen LogP contribution in [0.2, 0.25) is 0 Å². The van der Waals surface area contributed by atoms with Crippen molar-refractivity contribution in [2.75, 3.05) is 38.2 Å². The molecule has 1 fully saturated rings. The number of aryl methyl sites for hydroxylation is 2. The Morgan fingerprint density at radius 2 is 1.97 bits per heavy atom. The van der Waals surface area contributed by atoms with Gasteiger partial charge in [0.25, 0.3) is 0 Å². The summed E-state index contributed by atoms with van der Waals surface area (Å²) < 4.78 is 11.8. The maximum Gasteiger partial charge on any atom is 0.183 e. The van der Waals surface area contributed by atoms with Gasteiger partial charge < -0.3 is 25.0 Å². The molecule has 7 nitrogen and oxygen atoms in total. The third kappa shape index (κ3) is 7.49. The number of rotatable bonds is 11. The highest BCUT2D eigenvalue weighted by atomic mass is 32.1. The highest BCUT2D eigenvalue weighted by Crippen LogP contribution is 2.34. The van der Waals surface area contributed by atoms with Crippen LogP contribution in [0.5, 0.6) is 5.75 Å². The van der Waals surface area contributed by atoms with Crippen LogP contribution in [-0.2, 0) is 17.9 Å². The number of nitrogens with zero attached hydrogens (tertiary/aromatic N) is 2. The van der Waals surface area contributed by atoms with Gasteiger partial charge in [0.15, 0.2) is 11.4 Å². The summed E-state index contributed by atoms with van der Waals surface area (Å²) in [4.78, 5) is 7.16. The molecule has 0 saturated carbocycles. The molecule has 0 atom stereocenters. The number of hydrogen-bond acceptors (Lipinski definition) is 8. The average Bonchev–Trinajstić information content (AvgIpc) is 3.31. The normalized spacial score (nSPS) is 14.4. The fraction of sp³-hybridized carbons (Fsp3) is 0.444. The van der Waals surface area contributed by atoms with Crippen LogP contribution in [0.3, 0.4) is 0 Å². The van der Waals surface area contributed by atoms with Crippen LogP contribution in [0.25, 0.3) is 11.3 Å². The first-order valence-corrected chi connectivity index (χ1v) is 13.0. The predicted octanol–water partition coefficient (Wildman–Crippen LogP) is 4.34. The van der Waals surface area contributed by atoms with E-state index in [1.165, 1.54) is 28.0 Å². The summed E-state index contributed by atoms with van der Waals surface area (Å²) in [6.45, 7) is 9.90. The Kier molecular flexibility index (Phi) is 9.12. The van der Waals surface area contributed by atoms with Crippen molar-refractivity contribution < 1.29 is 19.7 Å². The second-order valence-corrected chi connectivity index (χ2v) is 9.88. The number of aromatic nitrogens is 1. The van der Waals surface area contributed by atoms with Gasteiger partial charge in [0.2, 0.25) is 0 Å². The molecule has 4 rings (SSSR count). The lowest BCUT2D eigenvalue weighted by molar-refractivity contribution is -0.0456. The van der Waals surface area contributed by atoms with Gasteiger partial charge in [-0.25, -0.2) is 4.98 Å². The van der Waals surface area contributed by atoms with Crippen LogP contribution in [0.4, 0.5) is 5.13 Å². The molecule has 1 saturated heterocycles. The Morgan fingerprint density at radius 1 is 1.14 bits per heavy atom. The van der Waals surface area contributed by atoms with Crippen LogP contribution in [0.1, 0.15) is 35.1 Å². The number of aliphatic hydroxyl groups is 2. The topological polar surface area (TPSA) is 87.1 Å². The molecule has 35 heavy (non-hydrogen) atoms. The van der Waals surface area contributed by atoms with E-state index in [1.54, 1.807) is 0 Å². The lowest BCUT2D eigenvalue weighted by Crippen LogP contribution is -2.35. The van der Waals surface area contributed by atoms with Crippen LogP contribution in [-0.4, -0.2) is 59.2 Å². The molecule has 1 aliphatic heterocycles. The maximum atomic E-state index is 8.98. The van der Waals surface area contributed by atoms with E-state index in [1.807, 2.05) is 11.4 Å². The van der Waals surface area contributed by atoms with Gasteiger partial charge in [-0.15, -0.1) is 11.3 Å². The number of thiazole rings is 1. The van der Waals surface area contributed by atoms with Gasteiger partial charge in [0.1, 0.15) is 12.4 Å². The Hall–Kier alpha value is -2.49. The van der Waals surface area contributed by atoms with E-state index in [0.29, 0.717) is 26.0 Å². The van der Waals surface area contributed by atoms with Gasteiger partial charge >= 0.3 is 0 Å². The molecule has 3 N–H and O–H groups in total. The molecule has 0 spiro atoms. The van der Waals surface area contributed by atoms with Gasteiger partial charge in [-0.3, -0.25) is 4.90 Å². The molecule has 0 unspecified atom stereocenters. The number of aliphatic hydroxyl groups excluding tert-OH is 1. The number of ether oxygens (including phenoxy) is 2. The third-order valence-corrected chi connectivity index (χ3v) is 6.93. The zero-order valence-electron chi connectivity index (χ0n) is 20.5. The van der Waals surface area contributed by atoms with Crippen LogP contribution < -0.4 is 10.1 Å². The summed E-state index contributed by atoms with van der Waals surface area (Å²) in [5.41, 5.74) is 6.72. The van der Waals surface area contributed by atoms with Crippen molar-refractivity contribution in [1.82, 2.24) is 9.88 Å². The molecule has 2 heterocycles. The van der Waals surface area contributed by atoms with Crippen molar-refractivity contribution in [3.8, 4) is 17.0 Å². The zero-order chi connectivity index (χ0) is 24.6. The fourth-order valence-electron chi connectivity index (χ4n) is 4.12. The van der Waals surface area contributed by atoms with E-state index in [-0.39, 0.29) is 0 Å². The summed E-state index contributed by atoms with van der Waals surface area (Å²) in [5.74, 6) is 0.813. The molecule has 8 heteroatoms. The SMILES string of the molecule is Cc1ccc(OCc2ccc(CN3CCOCC3)cc2C)c(-c2csc(NCCCC(O)O)n2)c1. The highest BCUT2D eigenvalue weighted by Gasteiger charge is 2.14. The first-order valence-electron chi connectivity index (χ1n) is 12.2. The lowest BCUT2D eigenvalue weighted by Gasteiger charge is -2.26. The maximum absolute atomic E-state index is 8.98. The molecule has 3 aromatic rings. The molecule has 1 aromatic heterocycles. The predicted molar refractivity (Wildman–Crippen MR) is 140 cm³/mol. The molecular weight excluding hydrogens is 462 g/mol. The van der Waals surface area contributed by atoms with Crippen LogP contribution in [0, 0.1) is 13.8 Å². The Bertz CT molecular complexity index is 1100. The molecule has 1 aliphatic rings. The summed E-state index contributed by atoms with van der Waals surface area (Å²) in [5, 5.41) is 24.1. The molecular formula is C27H35N3O4S. The van der Waals surface area contributed by atoms with Crippen molar-refractivity contribution >= 4 is 16.5 Å². The van der Waals surface area contributed by atoms with Gasteiger partial charge in [-0.1, -0.05) is 29.8 Å². The van der Waals surface area contributed by atoms with Crippen LogP contribution in [0.15, 0.2) is 41.8 Å². The molecule has 188 valence electrons. The monoisotopic (exact) mass is 497 g/mol. The number of benzene rings is 2. The Balaban J connectivity index is 1.40. The molecule has 0 amide bonds. The van der Waals surface area contributed by atoms with Gasteiger partial charge in [-0.2, -0.15) is 0 Å². The van der Waals surface area contributed by atoms with Gasteiger partial charge in [-0.05, 0) is 55.5 Å². The number of nitrogens with one attached hydrogen (secondary N) is 1. The van der Waals surface area contributed by atoms with Crippen molar-refractivity contribution in [3.63, 3.8) is 0 Å². The van der Waals surface area contributed by atoms with Crippen molar-refractivity contribution in [1.29, 1.82) is 0 Å². The minimum atomic E-state index is -1.26. The minimum Gasteiger partial charge on any atom is -0.488 e. The fourth-order valence-corrected chi connectivity index (χ4v) is 4.86. The van der Waals surface area contributed by atoms with E-state index >= 15 is 0 Å². The van der Waals surface area contributed by atoms with E-state index < -0.39 is 6.29 Å². The Labute approximate surface area is 211 Å². The number of hydrogen-bond donors (Lipinski definition) is 3. The molecule has 0 bridgehead atoms. The van der Waals surface area contributed by atoms with Crippen LogP contribution >= 0.6 is 11.3 Å². The van der Waals surface area contributed by atoms with E-state index in [9.17, 15) is 0 Å². The summed E-state index contributed by atoms with van der Waals surface area (Å²) in [7, 11) is 0. The van der Waals surface area contributed by atoms with Gasteiger partial charge in [0.05, 0.1) is 18.9 Å². The third-order valence-electron chi connectivity index (χ3n) is 6.13. The lowest BCUT2D eigenvalue weighted by atomic mass is 10.0. The average molecular weight is 498 g/mol. The Morgan fingerprint density at radius 3 is 2.74 bits per heavy atom. The smallest absolute Gasteiger partial charge is 0.183 e. The molecule has 2 aromatic carbocycles. The van der Waals surface area contributed by atoms with E-state index in [2.05, 4.69) is 54.4 Å². The largest absolute Gasteiger partial charge is 0.488 e. The first kappa shape index (κ1) is 25.6. The second-order valence-electron chi connectivity index (χ2n) is 9.03. The standard InChI is InChI=1S/C27H35N3O4S/c1-19-5-8-25(23(14-19)24-18-35-27(29-24)28-9-3-4-26(31)32)34-17-22-7-6-21(15-20(22)2)16-30-10-12-33-13-11-30/h5-8,14-15,18,26,31-32H,3-4,9-13,16-17H2,1-2H3,(H,28,29). The van der Waals surface area contributed by atoms with Gasteiger partial charge in [0, 0.05) is 37.1 Å². The quantitative estimate of drug-likeness (QED) is 0.268.